The highest BCUT2D eigenvalue weighted by Crippen LogP contribution is 2.33. The minimum atomic E-state index is -0.582. The van der Waals surface area contributed by atoms with Crippen LogP contribution in [0.15, 0.2) is 11.3 Å². The largest absolute Gasteiger partial charge is 0.394 e. The maximum Gasteiger partial charge on any atom is 0.196 e. The van der Waals surface area contributed by atoms with Gasteiger partial charge in [0.2, 0.25) is 0 Å². The zero-order valence-electron chi connectivity index (χ0n) is 10.2. The third-order valence-electron chi connectivity index (χ3n) is 3.40. The van der Waals surface area contributed by atoms with Crippen molar-refractivity contribution in [1.29, 1.82) is 0 Å². The van der Waals surface area contributed by atoms with Crippen LogP contribution in [0.4, 0.5) is 5.82 Å². The molecule has 2 aliphatic heterocycles. The van der Waals surface area contributed by atoms with Crippen molar-refractivity contribution in [2.24, 2.45) is 22.2 Å². The number of rotatable bonds is 2. The highest BCUT2D eigenvalue weighted by Gasteiger charge is 2.35. The van der Waals surface area contributed by atoms with Gasteiger partial charge in [-0.15, -0.1) is 0 Å². The standard InChI is InChI=1S/C10H17N7O2/c11-4-1-6(19-5(4)2-18)17-3-14-7-8(12)15-10(13)16-9(7)17/h3-6,8,18H,1-2,11-12H2,(H3,13,15,16)/t4?,5-,6-,8?/m1/s1. The molecule has 19 heavy (non-hydrogen) atoms. The number of anilines is 1. The molecule has 0 aromatic carbocycles. The molecule has 1 aromatic heterocycles. The number of fused-ring (bicyclic) bond motifs is 1. The van der Waals surface area contributed by atoms with Crippen molar-refractivity contribution in [3.05, 3.63) is 12.0 Å². The average Bonchev–Trinajstić information content (AvgIpc) is 2.92. The number of aliphatic imine (C=N–C) groups is 1. The molecule has 0 bridgehead atoms. The van der Waals surface area contributed by atoms with Crippen molar-refractivity contribution in [3.8, 4) is 0 Å². The number of ether oxygens (including phenoxy) is 1. The predicted octanol–water partition coefficient (Wildman–Crippen LogP) is -1.81. The lowest BCUT2D eigenvalue weighted by molar-refractivity contribution is -0.0240. The number of nitrogens with one attached hydrogen (secondary N) is 1. The maximum atomic E-state index is 9.17. The monoisotopic (exact) mass is 267 g/mol. The number of aliphatic hydroxyl groups excluding tert-OH is 1. The van der Waals surface area contributed by atoms with E-state index in [9.17, 15) is 0 Å². The van der Waals surface area contributed by atoms with Gasteiger partial charge in [0.1, 0.15) is 23.9 Å². The van der Waals surface area contributed by atoms with Gasteiger partial charge in [-0.1, -0.05) is 0 Å². The summed E-state index contributed by atoms with van der Waals surface area (Å²) in [6.45, 7) is -0.106. The van der Waals surface area contributed by atoms with E-state index in [0.29, 0.717) is 17.9 Å². The Morgan fingerprint density at radius 2 is 2.32 bits per heavy atom. The summed E-state index contributed by atoms with van der Waals surface area (Å²) in [6, 6.07) is -0.212. The first-order valence-corrected chi connectivity index (χ1v) is 6.04. The summed E-state index contributed by atoms with van der Waals surface area (Å²) < 4.78 is 7.47. The zero-order valence-corrected chi connectivity index (χ0v) is 10.2. The Labute approximate surface area is 109 Å². The van der Waals surface area contributed by atoms with E-state index in [4.69, 9.17) is 27.0 Å². The molecule has 8 N–H and O–H groups in total. The van der Waals surface area contributed by atoms with Gasteiger partial charge in [0, 0.05) is 12.5 Å². The lowest BCUT2D eigenvalue weighted by Crippen LogP contribution is -2.32. The van der Waals surface area contributed by atoms with Crippen molar-refractivity contribution in [3.63, 3.8) is 0 Å². The van der Waals surface area contributed by atoms with Crippen LogP contribution in [-0.4, -0.2) is 39.4 Å². The van der Waals surface area contributed by atoms with Gasteiger partial charge in [-0.25, -0.2) is 9.98 Å². The summed E-state index contributed by atoms with van der Waals surface area (Å²) in [5.74, 6) is 0.901. The molecule has 1 saturated heterocycles. The van der Waals surface area contributed by atoms with Crippen molar-refractivity contribution in [1.82, 2.24) is 9.55 Å². The Morgan fingerprint density at radius 3 is 3.00 bits per heavy atom. The molecule has 3 heterocycles. The van der Waals surface area contributed by atoms with E-state index in [0.717, 1.165) is 0 Å². The van der Waals surface area contributed by atoms with Gasteiger partial charge in [-0.2, -0.15) is 0 Å². The highest BCUT2D eigenvalue weighted by atomic mass is 16.5. The van der Waals surface area contributed by atoms with Crippen LogP contribution in [0.3, 0.4) is 0 Å². The SMILES string of the molecule is NC1=NC(N)c2ncn([C@H]3CC(N)[C@@H](CO)O3)c2N1. The van der Waals surface area contributed by atoms with Crippen molar-refractivity contribution in [2.45, 2.75) is 31.0 Å². The first-order valence-electron chi connectivity index (χ1n) is 6.04. The topological polar surface area (TPSA) is 150 Å². The molecule has 0 spiro atoms. The van der Waals surface area contributed by atoms with E-state index < -0.39 is 6.17 Å². The predicted molar refractivity (Wildman–Crippen MR) is 68.0 cm³/mol. The number of aliphatic hydroxyl groups is 1. The van der Waals surface area contributed by atoms with Gasteiger partial charge < -0.3 is 32.4 Å². The van der Waals surface area contributed by atoms with Crippen LogP contribution in [0, 0.1) is 0 Å². The molecule has 9 nitrogen and oxygen atoms in total. The smallest absolute Gasteiger partial charge is 0.196 e. The van der Waals surface area contributed by atoms with E-state index in [2.05, 4.69) is 15.3 Å². The highest BCUT2D eigenvalue weighted by molar-refractivity contribution is 5.93. The van der Waals surface area contributed by atoms with Gasteiger partial charge >= 0.3 is 0 Å². The number of imidazole rings is 1. The van der Waals surface area contributed by atoms with E-state index in [-0.39, 0.29) is 30.9 Å². The molecule has 2 aliphatic rings. The minimum Gasteiger partial charge on any atom is -0.394 e. The van der Waals surface area contributed by atoms with E-state index in [1.165, 1.54) is 0 Å². The van der Waals surface area contributed by atoms with Gasteiger partial charge in [0.25, 0.3) is 0 Å². The summed E-state index contributed by atoms with van der Waals surface area (Å²) in [5, 5.41) is 12.1. The molecule has 4 atom stereocenters. The Kier molecular flexibility index (Phi) is 2.90. The van der Waals surface area contributed by atoms with Crippen LogP contribution in [-0.2, 0) is 4.74 Å². The molecule has 9 heteroatoms. The summed E-state index contributed by atoms with van der Waals surface area (Å²) in [6.07, 6.45) is 0.951. The molecule has 2 unspecified atom stereocenters. The second-order valence-electron chi connectivity index (χ2n) is 4.68. The van der Waals surface area contributed by atoms with E-state index >= 15 is 0 Å². The fourth-order valence-electron chi connectivity index (χ4n) is 2.40. The van der Waals surface area contributed by atoms with E-state index in [1.807, 2.05) is 0 Å². The van der Waals surface area contributed by atoms with Crippen LogP contribution in [0.2, 0.25) is 0 Å². The Morgan fingerprint density at radius 1 is 1.53 bits per heavy atom. The molecule has 1 fully saturated rings. The molecule has 104 valence electrons. The fraction of sp³-hybridized carbons (Fsp3) is 0.600. The number of nitrogens with zero attached hydrogens (tertiary/aromatic N) is 3. The molecule has 1 aromatic rings. The van der Waals surface area contributed by atoms with Crippen molar-refractivity contribution < 1.29 is 9.84 Å². The van der Waals surface area contributed by atoms with E-state index in [1.54, 1.807) is 10.9 Å². The maximum absolute atomic E-state index is 9.17. The summed E-state index contributed by atoms with van der Waals surface area (Å²) in [7, 11) is 0. The Balaban J connectivity index is 1.89. The minimum absolute atomic E-state index is 0.106. The number of nitrogens with two attached hydrogens (primary N) is 3. The first kappa shape index (κ1) is 12.4. The van der Waals surface area contributed by atoms with Crippen molar-refractivity contribution in [2.75, 3.05) is 11.9 Å². The van der Waals surface area contributed by atoms with Crippen LogP contribution >= 0.6 is 0 Å². The van der Waals surface area contributed by atoms with Gasteiger partial charge in [-0.05, 0) is 0 Å². The lowest BCUT2D eigenvalue weighted by atomic mass is 10.1. The quantitative estimate of drug-likeness (QED) is 0.423. The number of aromatic nitrogens is 2. The Bertz CT molecular complexity index is 514. The zero-order chi connectivity index (χ0) is 13.6. The third kappa shape index (κ3) is 1.96. The molecule has 0 saturated carbocycles. The molecular weight excluding hydrogens is 250 g/mol. The summed E-state index contributed by atoms with van der Waals surface area (Å²) in [5.41, 5.74) is 18.0. The van der Waals surface area contributed by atoms with Gasteiger partial charge in [0.15, 0.2) is 5.96 Å². The van der Waals surface area contributed by atoms with Crippen LogP contribution < -0.4 is 22.5 Å². The average molecular weight is 267 g/mol. The number of guanidine groups is 1. The third-order valence-corrected chi connectivity index (χ3v) is 3.40. The molecule has 0 aliphatic carbocycles. The lowest BCUT2D eigenvalue weighted by Gasteiger charge is -2.21. The molecule has 0 radical (unpaired) electrons. The van der Waals surface area contributed by atoms with Crippen LogP contribution in [0.5, 0.6) is 0 Å². The second-order valence-corrected chi connectivity index (χ2v) is 4.68. The molecule has 3 rings (SSSR count). The normalized spacial score (nSPS) is 33.7. The van der Waals surface area contributed by atoms with Crippen LogP contribution in [0.1, 0.15) is 24.5 Å². The van der Waals surface area contributed by atoms with Gasteiger partial charge in [-0.3, -0.25) is 4.57 Å². The molecule has 0 amide bonds. The molecular formula is C10H17N7O2. The van der Waals surface area contributed by atoms with Crippen molar-refractivity contribution >= 4 is 11.8 Å². The van der Waals surface area contributed by atoms with Crippen LogP contribution in [0.25, 0.3) is 0 Å². The number of hydrogen-bond donors (Lipinski definition) is 5. The number of hydrogen-bond acceptors (Lipinski definition) is 8. The fourth-order valence-corrected chi connectivity index (χ4v) is 2.40. The summed E-state index contributed by atoms with van der Waals surface area (Å²) >= 11 is 0. The second kappa shape index (κ2) is 4.46. The van der Waals surface area contributed by atoms with Gasteiger partial charge in [0.05, 0.1) is 19.0 Å². The summed E-state index contributed by atoms with van der Waals surface area (Å²) in [4.78, 5) is 8.21. The Hall–Kier alpha value is -1.68. The first-order chi connectivity index (χ1) is 9.10.